The van der Waals surface area contributed by atoms with Gasteiger partial charge in [0.2, 0.25) is 0 Å². The predicted octanol–water partition coefficient (Wildman–Crippen LogP) is 3.56. The van der Waals surface area contributed by atoms with Gasteiger partial charge in [-0.2, -0.15) is 0 Å². The van der Waals surface area contributed by atoms with E-state index in [1.165, 1.54) is 30.3 Å². The van der Waals surface area contributed by atoms with E-state index >= 15 is 0 Å². The molecule has 0 bridgehead atoms. The molecule has 0 radical (unpaired) electrons. The Balaban J connectivity index is 1.79. The lowest BCUT2D eigenvalue weighted by Crippen LogP contribution is -2.36. The Labute approximate surface area is 151 Å². The van der Waals surface area contributed by atoms with E-state index in [2.05, 4.69) is 42.1 Å². The van der Waals surface area contributed by atoms with Crippen LogP contribution < -0.4 is 0 Å². The van der Waals surface area contributed by atoms with Crippen LogP contribution in [0.1, 0.15) is 44.7 Å². The molecule has 0 amide bonds. The molecule has 1 aromatic heterocycles. The molecule has 0 saturated carbocycles. The molecule has 0 spiro atoms. The van der Waals surface area contributed by atoms with E-state index in [-0.39, 0.29) is 11.5 Å². The van der Waals surface area contributed by atoms with Crippen molar-refractivity contribution in [3.8, 4) is 0 Å². The molecule has 1 unspecified atom stereocenters. The molecule has 1 atom stereocenters. The van der Waals surface area contributed by atoms with Crippen LogP contribution in [0, 0.1) is 0 Å². The van der Waals surface area contributed by atoms with E-state index in [1.54, 1.807) is 6.92 Å². The fraction of sp³-hybridized carbons (Fsp3) is 0.600. The number of aromatic nitrogens is 1. The van der Waals surface area contributed by atoms with E-state index < -0.39 is 9.84 Å². The number of nitrogens with one attached hydrogen (secondary N) is 1. The largest absolute Gasteiger partial charge is 0.361 e. The van der Waals surface area contributed by atoms with Crippen molar-refractivity contribution in [1.29, 1.82) is 0 Å². The monoisotopic (exact) mass is 362 g/mol. The first-order chi connectivity index (χ1) is 11.9. The number of H-pyrrole nitrogens is 1. The van der Waals surface area contributed by atoms with Crippen molar-refractivity contribution in [3.05, 3.63) is 35.5 Å². The number of hydrogen-bond acceptors (Lipinski definition) is 3. The third-order valence-corrected chi connectivity index (χ3v) is 7.22. The van der Waals surface area contributed by atoms with Crippen molar-refractivity contribution in [2.24, 2.45) is 0 Å². The average Bonchev–Trinajstić information content (AvgIpc) is 3.21. The lowest BCUT2D eigenvalue weighted by atomic mass is 10.0. The number of likely N-dealkylation sites (tertiary alicyclic amines) is 1. The van der Waals surface area contributed by atoms with Crippen LogP contribution in [0.3, 0.4) is 0 Å². The van der Waals surface area contributed by atoms with Gasteiger partial charge in [0.25, 0.3) is 0 Å². The molecule has 1 N–H and O–H groups in total. The Morgan fingerprint density at radius 1 is 1.32 bits per heavy atom. The summed E-state index contributed by atoms with van der Waals surface area (Å²) in [6, 6.07) is 7.52. The minimum atomic E-state index is -2.92. The van der Waals surface area contributed by atoms with Gasteiger partial charge in [0.1, 0.15) is 9.84 Å². The summed E-state index contributed by atoms with van der Waals surface area (Å²) in [4.78, 5) is 5.99. The van der Waals surface area contributed by atoms with E-state index in [1.807, 2.05) is 6.07 Å². The molecule has 1 aliphatic heterocycles. The van der Waals surface area contributed by atoms with Gasteiger partial charge in [-0.3, -0.25) is 4.90 Å². The zero-order chi connectivity index (χ0) is 18.0. The molecule has 2 heterocycles. The zero-order valence-electron chi connectivity index (χ0n) is 15.6. The molecule has 0 aliphatic carbocycles. The summed E-state index contributed by atoms with van der Waals surface area (Å²) in [7, 11) is -2.92. The molecular weight excluding hydrogens is 332 g/mol. The van der Waals surface area contributed by atoms with Crippen molar-refractivity contribution in [1.82, 2.24) is 9.88 Å². The van der Waals surface area contributed by atoms with Crippen molar-refractivity contribution < 1.29 is 8.42 Å². The maximum Gasteiger partial charge on any atom is 0.150 e. The molecule has 2 aromatic rings. The number of rotatable bonds is 7. The van der Waals surface area contributed by atoms with Crippen LogP contribution in [0.2, 0.25) is 0 Å². The maximum atomic E-state index is 11.8. The number of benzene rings is 1. The number of aryl methyl sites for hydroxylation is 1. The van der Waals surface area contributed by atoms with Gasteiger partial charge >= 0.3 is 0 Å². The third kappa shape index (κ3) is 4.26. The molecular formula is C20H30N2O2S. The number of fused-ring (bicyclic) bond motifs is 1. The van der Waals surface area contributed by atoms with Gasteiger partial charge in [-0.05, 0) is 69.3 Å². The average molecular weight is 363 g/mol. The number of sulfone groups is 1. The van der Waals surface area contributed by atoms with E-state index in [9.17, 15) is 8.42 Å². The normalized spacial score (nSPS) is 19.3. The van der Waals surface area contributed by atoms with Crippen LogP contribution in [-0.2, 0) is 22.7 Å². The minimum Gasteiger partial charge on any atom is -0.361 e. The molecule has 4 nitrogen and oxygen atoms in total. The number of nitrogens with zero attached hydrogens (tertiary/aromatic N) is 1. The van der Waals surface area contributed by atoms with Gasteiger partial charge in [-0.1, -0.05) is 13.0 Å². The Morgan fingerprint density at radius 2 is 2.12 bits per heavy atom. The fourth-order valence-electron chi connectivity index (χ4n) is 3.98. The summed E-state index contributed by atoms with van der Waals surface area (Å²) in [5.41, 5.74) is 3.61. The van der Waals surface area contributed by atoms with Gasteiger partial charge < -0.3 is 4.98 Å². The molecule has 1 fully saturated rings. The van der Waals surface area contributed by atoms with E-state index in [0.29, 0.717) is 18.5 Å². The van der Waals surface area contributed by atoms with Crippen LogP contribution in [0.4, 0.5) is 0 Å². The number of aromatic amines is 1. The van der Waals surface area contributed by atoms with Crippen molar-refractivity contribution in [2.75, 3.05) is 18.1 Å². The summed E-state index contributed by atoms with van der Waals surface area (Å²) in [6.07, 6.45) is 6.34. The highest BCUT2D eigenvalue weighted by Crippen LogP contribution is 2.27. The summed E-state index contributed by atoms with van der Waals surface area (Å²) >= 11 is 0. The second-order valence-corrected chi connectivity index (χ2v) is 9.98. The van der Waals surface area contributed by atoms with Crippen LogP contribution >= 0.6 is 0 Å². The summed E-state index contributed by atoms with van der Waals surface area (Å²) < 4.78 is 23.5. The van der Waals surface area contributed by atoms with Gasteiger partial charge in [-0.15, -0.1) is 0 Å². The van der Waals surface area contributed by atoms with Gasteiger partial charge in [0, 0.05) is 34.9 Å². The minimum absolute atomic E-state index is 0.220. The van der Waals surface area contributed by atoms with Gasteiger partial charge in [-0.25, -0.2) is 8.42 Å². The van der Waals surface area contributed by atoms with E-state index in [0.717, 1.165) is 17.5 Å². The second-order valence-electron chi connectivity index (χ2n) is 7.51. The molecule has 138 valence electrons. The molecule has 1 aliphatic rings. The molecule has 3 rings (SSSR count). The first-order valence-electron chi connectivity index (χ1n) is 9.44. The molecule has 25 heavy (non-hydrogen) atoms. The number of hydrogen-bond donors (Lipinski definition) is 1. The predicted molar refractivity (Wildman–Crippen MR) is 105 cm³/mol. The standard InChI is InChI=1S/C20H30N2O2S/c1-4-25(23,24)11-9-16-7-8-20-19(12-16)17(14-21-20)13-18-6-5-10-22(18)15(2)3/h7-8,12,14-15,18,21H,4-6,9-11,13H2,1-3H3. The van der Waals surface area contributed by atoms with Crippen LogP contribution in [0.5, 0.6) is 0 Å². The smallest absolute Gasteiger partial charge is 0.150 e. The first-order valence-corrected chi connectivity index (χ1v) is 11.3. The quantitative estimate of drug-likeness (QED) is 0.819. The maximum absolute atomic E-state index is 11.8. The Bertz CT molecular complexity index is 823. The van der Waals surface area contributed by atoms with Crippen molar-refractivity contribution in [2.45, 2.75) is 58.5 Å². The highest BCUT2D eigenvalue weighted by Gasteiger charge is 2.27. The van der Waals surface area contributed by atoms with Crippen LogP contribution in [0.25, 0.3) is 10.9 Å². The Kier molecular flexibility index (Phi) is 5.54. The lowest BCUT2D eigenvalue weighted by Gasteiger charge is -2.28. The molecule has 1 aromatic carbocycles. The highest BCUT2D eigenvalue weighted by atomic mass is 32.2. The second kappa shape index (κ2) is 7.50. The summed E-state index contributed by atoms with van der Waals surface area (Å²) in [5.74, 6) is 0.454. The summed E-state index contributed by atoms with van der Waals surface area (Å²) in [5, 5.41) is 1.25. The summed E-state index contributed by atoms with van der Waals surface area (Å²) in [6.45, 7) is 7.47. The fourth-order valence-corrected chi connectivity index (χ4v) is 4.81. The van der Waals surface area contributed by atoms with Crippen molar-refractivity contribution >= 4 is 20.7 Å². The van der Waals surface area contributed by atoms with Crippen molar-refractivity contribution in [3.63, 3.8) is 0 Å². The van der Waals surface area contributed by atoms with Crippen LogP contribution in [0.15, 0.2) is 24.4 Å². The van der Waals surface area contributed by atoms with Gasteiger partial charge in [0.15, 0.2) is 0 Å². The molecule has 1 saturated heterocycles. The third-order valence-electron chi connectivity index (χ3n) is 5.51. The molecule has 5 heteroatoms. The Morgan fingerprint density at radius 3 is 2.84 bits per heavy atom. The Hall–Kier alpha value is -1.33. The first kappa shape index (κ1) is 18.5. The lowest BCUT2D eigenvalue weighted by molar-refractivity contribution is 0.203. The highest BCUT2D eigenvalue weighted by molar-refractivity contribution is 7.91. The van der Waals surface area contributed by atoms with Crippen LogP contribution in [-0.4, -0.2) is 48.4 Å². The topological polar surface area (TPSA) is 53.2 Å². The van der Waals surface area contributed by atoms with E-state index in [4.69, 9.17) is 0 Å². The zero-order valence-corrected chi connectivity index (χ0v) is 16.4. The van der Waals surface area contributed by atoms with Gasteiger partial charge in [0.05, 0.1) is 5.75 Å². The SMILES string of the molecule is CCS(=O)(=O)CCc1ccc2[nH]cc(CC3CCCN3C(C)C)c2c1.